The van der Waals surface area contributed by atoms with Gasteiger partial charge in [0.2, 0.25) is 10.0 Å². The topological polar surface area (TPSA) is 137 Å². The molecule has 1 aromatic carbocycles. The highest BCUT2D eigenvalue weighted by Gasteiger charge is 2.31. The monoisotopic (exact) mass is 698 g/mol. The molecular formula is C31H39BrN8O4S. The average molecular weight is 700 g/mol. The van der Waals surface area contributed by atoms with Crippen LogP contribution in [0.15, 0.2) is 41.0 Å². The molecular weight excluding hydrogens is 660 g/mol. The van der Waals surface area contributed by atoms with Gasteiger partial charge < -0.3 is 24.9 Å². The molecule has 5 heterocycles. The molecule has 0 saturated carbocycles. The number of carbonyl (C=O) groups excluding carboxylic acids is 1. The molecule has 0 aliphatic carbocycles. The number of aromatic amines is 1. The van der Waals surface area contributed by atoms with Crippen molar-refractivity contribution in [2.24, 2.45) is 0 Å². The van der Waals surface area contributed by atoms with E-state index in [9.17, 15) is 13.2 Å². The van der Waals surface area contributed by atoms with Crippen LogP contribution in [0.4, 0.5) is 5.69 Å². The van der Waals surface area contributed by atoms with E-state index >= 15 is 0 Å². The van der Waals surface area contributed by atoms with Gasteiger partial charge in [0.1, 0.15) is 11.3 Å². The number of hydrogen-bond acceptors (Lipinski definition) is 8. The van der Waals surface area contributed by atoms with Gasteiger partial charge >= 0.3 is 0 Å². The van der Waals surface area contributed by atoms with Gasteiger partial charge in [0.15, 0.2) is 5.65 Å². The van der Waals surface area contributed by atoms with Crippen LogP contribution >= 0.6 is 15.9 Å². The summed E-state index contributed by atoms with van der Waals surface area (Å²) in [5.41, 5.74) is 6.49. The molecule has 1 amide bonds. The Labute approximate surface area is 271 Å². The van der Waals surface area contributed by atoms with Crippen LogP contribution in [-0.4, -0.2) is 107 Å². The minimum Gasteiger partial charge on any atom is -0.379 e. The molecule has 0 bridgehead atoms. The lowest BCUT2D eigenvalue weighted by atomic mass is 10.1. The molecule has 1 atom stereocenters. The molecule has 0 spiro atoms. The maximum atomic E-state index is 13.0. The molecule has 3 aromatic heterocycles. The summed E-state index contributed by atoms with van der Waals surface area (Å²) in [6.07, 6.45) is 2.43. The number of hydrogen-bond donors (Lipinski definition) is 3. The highest BCUT2D eigenvalue weighted by Crippen LogP contribution is 2.34. The summed E-state index contributed by atoms with van der Waals surface area (Å²) in [7, 11) is -3.24. The molecule has 2 saturated heterocycles. The number of imidazole rings is 1. The van der Waals surface area contributed by atoms with Gasteiger partial charge in [-0.05, 0) is 67.4 Å². The maximum Gasteiger partial charge on any atom is 0.251 e. The van der Waals surface area contributed by atoms with Crippen molar-refractivity contribution < 1.29 is 17.9 Å². The number of amides is 1. The zero-order valence-corrected chi connectivity index (χ0v) is 28.2. The Morgan fingerprint density at radius 1 is 1.18 bits per heavy atom. The summed E-state index contributed by atoms with van der Waals surface area (Å²) in [6, 6.07) is 9.69. The predicted octanol–water partition coefficient (Wildman–Crippen LogP) is 3.69. The van der Waals surface area contributed by atoms with Crippen LogP contribution < -0.4 is 10.6 Å². The number of carbonyl (C=O) groups is 1. The molecule has 240 valence electrons. The number of aryl methyl sites for hydroxylation is 1. The molecule has 6 rings (SSSR count). The van der Waals surface area contributed by atoms with E-state index in [1.54, 1.807) is 17.4 Å². The van der Waals surface area contributed by atoms with Crippen molar-refractivity contribution in [3.05, 3.63) is 58.0 Å². The second-order valence-corrected chi connectivity index (χ2v) is 14.6. The van der Waals surface area contributed by atoms with E-state index in [1.165, 1.54) is 0 Å². The van der Waals surface area contributed by atoms with Crippen LogP contribution in [0.3, 0.4) is 0 Å². The molecule has 0 radical (unpaired) electrons. The summed E-state index contributed by atoms with van der Waals surface area (Å²) in [5, 5.41) is 6.58. The largest absolute Gasteiger partial charge is 0.379 e. The number of pyridine rings is 1. The summed E-state index contributed by atoms with van der Waals surface area (Å²) in [5.74, 6) is 0.674. The highest BCUT2D eigenvalue weighted by atomic mass is 79.9. The average Bonchev–Trinajstić information content (AvgIpc) is 3.76. The highest BCUT2D eigenvalue weighted by molar-refractivity contribution is 9.10. The molecule has 2 aliphatic heterocycles. The number of anilines is 1. The Bertz CT molecular complexity index is 1820. The number of ether oxygens (including phenoxy) is 1. The van der Waals surface area contributed by atoms with E-state index < -0.39 is 10.0 Å². The predicted molar refractivity (Wildman–Crippen MR) is 178 cm³/mol. The van der Waals surface area contributed by atoms with E-state index in [0.717, 1.165) is 65.6 Å². The van der Waals surface area contributed by atoms with Crippen molar-refractivity contribution in [1.82, 2.24) is 34.0 Å². The molecule has 2 fully saturated rings. The standard InChI is InChI=1S/C31H39BrN8O4S/c1-4-45(42,43)39-10-8-23(19-39)35-27-26(32)18-34-30-28(27)36-29(37-30)25-16-20(2)40(21(25)3)24-7-5-6-22(17-24)31(41)33-9-11-38-12-14-44-15-13-38/h5-7,16-18,23H,4,8-15,19H2,1-3H3,(H,33,41)(H2,34,35,36,37). The lowest BCUT2D eigenvalue weighted by molar-refractivity contribution is 0.0383. The number of rotatable bonds is 10. The zero-order valence-electron chi connectivity index (χ0n) is 25.8. The minimum atomic E-state index is -3.24. The van der Waals surface area contributed by atoms with Crippen LogP contribution in [0, 0.1) is 13.8 Å². The summed E-state index contributed by atoms with van der Waals surface area (Å²) < 4.78 is 34.6. The van der Waals surface area contributed by atoms with E-state index in [2.05, 4.69) is 52.1 Å². The first-order valence-electron chi connectivity index (χ1n) is 15.3. The first-order chi connectivity index (χ1) is 21.6. The SMILES string of the molecule is CCS(=O)(=O)N1CCC(Nc2c(Br)cnc3[nH]c(-c4cc(C)n(-c5cccc(C(=O)NCCN6CCOCC6)c5)c4C)nc23)C1. The number of H-pyrrole nitrogens is 1. The quantitative estimate of drug-likeness (QED) is 0.228. The first kappa shape index (κ1) is 31.7. The second-order valence-electron chi connectivity index (χ2n) is 11.5. The Balaban J connectivity index is 1.22. The van der Waals surface area contributed by atoms with Crippen LogP contribution in [0.2, 0.25) is 0 Å². The summed E-state index contributed by atoms with van der Waals surface area (Å²) in [6.45, 7) is 11.3. The number of nitrogens with zero attached hydrogens (tertiary/aromatic N) is 5. The van der Waals surface area contributed by atoms with Crippen molar-refractivity contribution in [1.29, 1.82) is 0 Å². The minimum absolute atomic E-state index is 0.0396. The van der Waals surface area contributed by atoms with Crippen molar-refractivity contribution in [3.8, 4) is 17.1 Å². The molecule has 2 aliphatic rings. The summed E-state index contributed by atoms with van der Waals surface area (Å²) in [4.78, 5) is 28.2. The lowest BCUT2D eigenvalue weighted by Crippen LogP contribution is -2.41. The van der Waals surface area contributed by atoms with Gasteiger partial charge in [-0.2, -0.15) is 4.31 Å². The molecule has 4 aromatic rings. The van der Waals surface area contributed by atoms with Crippen molar-refractivity contribution in [3.63, 3.8) is 0 Å². The Kier molecular flexibility index (Phi) is 9.29. The molecule has 45 heavy (non-hydrogen) atoms. The van der Waals surface area contributed by atoms with E-state index in [0.29, 0.717) is 48.6 Å². The van der Waals surface area contributed by atoms with Gasteiger partial charge in [0, 0.05) is 79.7 Å². The Morgan fingerprint density at radius 3 is 2.76 bits per heavy atom. The van der Waals surface area contributed by atoms with Crippen LogP contribution in [0.1, 0.15) is 35.1 Å². The lowest BCUT2D eigenvalue weighted by Gasteiger charge is -2.26. The third-order valence-electron chi connectivity index (χ3n) is 8.60. The van der Waals surface area contributed by atoms with Gasteiger partial charge in [0.05, 0.1) is 29.1 Å². The van der Waals surface area contributed by atoms with Crippen LogP contribution in [0.5, 0.6) is 0 Å². The van der Waals surface area contributed by atoms with E-state index in [1.807, 2.05) is 38.1 Å². The van der Waals surface area contributed by atoms with Gasteiger partial charge in [-0.1, -0.05) is 6.07 Å². The summed E-state index contributed by atoms with van der Waals surface area (Å²) >= 11 is 3.62. The first-order valence-corrected chi connectivity index (χ1v) is 17.7. The number of benzene rings is 1. The number of aromatic nitrogens is 4. The van der Waals surface area contributed by atoms with E-state index in [-0.39, 0.29) is 17.7 Å². The number of halogens is 1. The fraction of sp³-hybridized carbons (Fsp3) is 0.452. The fourth-order valence-electron chi connectivity index (χ4n) is 6.12. The van der Waals surface area contributed by atoms with Gasteiger partial charge in [0.25, 0.3) is 5.91 Å². The second kappa shape index (κ2) is 13.2. The molecule has 14 heteroatoms. The number of sulfonamides is 1. The molecule has 3 N–H and O–H groups in total. The smallest absolute Gasteiger partial charge is 0.251 e. The van der Waals surface area contributed by atoms with Gasteiger partial charge in [-0.25, -0.2) is 18.4 Å². The van der Waals surface area contributed by atoms with Gasteiger partial charge in [-0.15, -0.1) is 0 Å². The van der Waals surface area contributed by atoms with Crippen molar-refractivity contribution >= 4 is 48.7 Å². The Morgan fingerprint density at radius 2 is 1.98 bits per heavy atom. The number of nitrogens with one attached hydrogen (secondary N) is 3. The van der Waals surface area contributed by atoms with Gasteiger partial charge in [-0.3, -0.25) is 9.69 Å². The Hall–Kier alpha value is -3.30. The van der Waals surface area contributed by atoms with Crippen LogP contribution in [-0.2, 0) is 14.8 Å². The molecule has 1 unspecified atom stereocenters. The molecule has 12 nitrogen and oxygen atoms in total. The maximum absolute atomic E-state index is 13.0. The number of morpholine rings is 1. The fourth-order valence-corrected chi connectivity index (χ4v) is 7.68. The zero-order chi connectivity index (χ0) is 31.7. The number of fused-ring (bicyclic) bond motifs is 1. The normalized spacial score (nSPS) is 18.1. The van der Waals surface area contributed by atoms with Crippen molar-refractivity contribution in [2.45, 2.75) is 33.2 Å². The third kappa shape index (κ3) is 6.66. The van der Waals surface area contributed by atoms with Crippen LogP contribution in [0.25, 0.3) is 28.2 Å². The van der Waals surface area contributed by atoms with Crippen molar-refractivity contribution in [2.75, 3.05) is 63.6 Å². The third-order valence-corrected chi connectivity index (χ3v) is 11.0. The van der Waals surface area contributed by atoms with E-state index in [4.69, 9.17) is 9.72 Å².